The van der Waals surface area contributed by atoms with Gasteiger partial charge in [-0.1, -0.05) is 42.2 Å². The lowest BCUT2D eigenvalue weighted by molar-refractivity contribution is 0.201. The van der Waals surface area contributed by atoms with Crippen molar-refractivity contribution in [3.63, 3.8) is 0 Å². The average molecular weight is 411 g/mol. The minimum atomic E-state index is 0.402. The fraction of sp³-hybridized carbons (Fsp3) is 0.550. The summed E-state index contributed by atoms with van der Waals surface area (Å²) in [5.74, 6) is 1.34. The number of hydrogen-bond acceptors (Lipinski definition) is 5. The predicted molar refractivity (Wildman–Crippen MR) is 112 cm³/mol. The summed E-state index contributed by atoms with van der Waals surface area (Å²) < 4.78 is 5.44. The molecule has 0 atom stereocenters. The smallest absolute Gasteiger partial charge is 0.150 e. The first-order chi connectivity index (χ1) is 12.9. The minimum absolute atomic E-state index is 0.402. The number of piperazine rings is 1. The molecule has 0 aliphatic carbocycles. The van der Waals surface area contributed by atoms with Crippen molar-refractivity contribution in [3.8, 4) is 0 Å². The van der Waals surface area contributed by atoms with Crippen LogP contribution in [0.1, 0.15) is 31.2 Å². The third-order valence-electron chi connectivity index (χ3n) is 5.03. The summed E-state index contributed by atoms with van der Waals surface area (Å²) in [6.45, 7) is 11.2. The molecule has 0 saturated carbocycles. The van der Waals surface area contributed by atoms with Crippen molar-refractivity contribution in [2.75, 3.05) is 51.2 Å². The van der Waals surface area contributed by atoms with Gasteiger partial charge in [-0.25, -0.2) is 0 Å². The van der Waals surface area contributed by atoms with E-state index in [0.29, 0.717) is 16.0 Å². The van der Waals surface area contributed by atoms with Crippen LogP contribution in [0, 0.1) is 0 Å². The minimum Gasteiger partial charge on any atom is -0.369 e. The lowest BCUT2D eigenvalue weighted by Crippen LogP contribution is -2.48. The molecule has 1 fully saturated rings. The van der Waals surface area contributed by atoms with Gasteiger partial charge >= 0.3 is 0 Å². The summed E-state index contributed by atoms with van der Waals surface area (Å²) in [6.07, 6.45) is 0. The van der Waals surface area contributed by atoms with E-state index in [1.807, 2.05) is 18.2 Å². The highest BCUT2D eigenvalue weighted by Crippen LogP contribution is 2.27. The van der Waals surface area contributed by atoms with Gasteiger partial charge < -0.3 is 9.42 Å². The van der Waals surface area contributed by atoms with Gasteiger partial charge in [-0.3, -0.25) is 9.80 Å². The van der Waals surface area contributed by atoms with Crippen LogP contribution < -0.4 is 4.90 Å². The van der Waals surface area contributed by atoms with Crippen molar-refractivity contribution in [1.29, 1.82) is 0 Å². The molecule has 0 bridgehead atoms. The van der Waals surface area contributed by atoms with Crippen LogP contribution in [0.15, 0.2) is 28.8 Å². The number of anilines is 1. The van der Waals surface area contributed by atoms with E-state index in [0.717, 1.165) is 63.0 Å². The van der Waals surface area contributed by atoms with Crippen LogP contribution in [0.4, 0.5) is 5.69 Å². The zero-order valence-corrected chi connectivity index (χ0v) is 17.8. The van der Waals surface area contributed by atoms with Crippen molar-refractivity contribution in [1.82, 2.24) is 15.0 Å². The molecular formula is C20H28Cl2N4O. The van der Waals surface area contributed by atoms with Crippen LogP contribution in [0.2, 0.25) is 10.0 Å². The van der Waals surface area contributed by atoms with Crippen LogP contribution in [0.25, 0.3) is 0 Å². The molecule has 2 heterocycles. The fourth-order valence-electron chi connectivity index (χ4n) is 3.24. The normalized spacial score (nSPS) is 15.9. The molecule has 1 aromatic heterocycles. The van der Waals surface area contributed by atoms with Gasteiger partial charge in [-0.15, -0.1) is 0 Å². The first kappa shape index (κ1) is 20.5. The molecule has 0 radical (unpaired) electrons. The van der Waals surface area contributed by atoms with Gasteiger partial charge in [0.05, 0.1) is 22.3 Å². The molecule has 1 aromatic carbocycles. The lowest BCUT2D eigenvalue weighted by atomic mass is 10.1. The maximum Gasteiger partial charge on any atom is 0.150 e. The van der Waals surface area contributed by atoms with E-state index in [1.54, 1.807) is 0 Å². The molecule has 27 heavy (non-hydrogen) atoms. The highest BCUT2D eigenvalue weighted by molar-refractivity contribution is 6.42. The third-order valence-corrected chi connectivity index (χ3v) is 5.77. The van der Waals surface area contributed by atoms with E-state index in [-0.39, 0.29) is 0 Å². The van der Waals surface area contributed by atoms with Crippen LogP contribution in [0.5, 0.6) is 0 Å². The van der Waals surface area contributed by atoms with Crippen LogP contribution in [-0.2, 0) is 6.54 Å². The van der Waals surface area contributed by atoms with Gasteiger partial charge in [0.1, 0.15) is 0 Å². The SMILES string of the molecule is CC(C)c1cc(CN(C)CCN2CCN(c3ccc(Cl)c(Cl)c3)CC2)on1. The molecular weight excluding hydrogens is 383 g/mol. The first-order valence-electron chi connectivity index (χ1n) is 9.48. The number of hydrogen-bond donors (Lipinski definition) is 0. The largest absolute Gasteiger partial charge is 0.369 e. The van der Waals surface area contributed by atoms with Crippen LogP contribution in [-0.4, -0.2) is 61.3 Å². The Bertz CT molecular complexity index is 741. The van der Waals surface area contributed by atoms with Crippen molar-refractivity contribution >= 4 is 28.9 Å². The van der Waals surface area contributed by atoms with E-state index in [4.69, 9.17) is 27.7 Å². The zero-order chi connectivity index (χ0) is 19.4. The van der Waals surface area contributed by atoms with Gasteiger partial charge in [0.15, 0.2) is 5.76 Å². The molecule has 1 aliphatic heterocycles. The monoisotopic (exact) mass is 410 g/mol. The molecule has 5 nitrogen and oxygen atoms in total. The predicted octanol–water partition coefficient (Wildman–Crippen LogP) is 4.36. The fourth-order valence-corrected chi connectivity index (χ4v) is 3.54. The third kappa shape index (κ3) is 5.61. The van der Waals surface area contributed by atoms with Crippen molar-refractivity contribution in [3.05, 3.63) is 45.8 Å². The zero-order valence-electron chi connectivity index (χ0n) is 16.3. The first-order valence-corrected chi connectivity index (χ1v) is 10.2. The summed E-state index contributed by atoms with van der Waals surface area (Å²) in [4.78, 5) is 7.16. The molecule has 0 spiro atoms. The topological polar surface area (TPSA) is 35.8 Å². The Morgan fingerprint density at radius 3 is 2.48 bits per heavy atom. The average Bonchev–Trinajstić information content (AvgIpc) is 3.11. The van der Waals surface area contributed by atoms with E-state index in [2.05, 4.69) is 46.8 Å². The summed E-state index contributed by atoms with van der Waals surface area (Å²) in [5.41, 5.74) is 2.17. The second kappa shape index (κ2) is 9.28. The number of nitrogens with zero attached hydrogens (tertiary/aromatic N) is 4. The van der Waals surface area contributed by atoms with E-state index in [1.165, 1.54) is 0 Å². The summed E-state index contributed by atoms with van der Waals surface area (Å²) >= 11 is 12.2. The van der Waals surface area contributed by atoms with Crippen molar-refractivity contribution < 1.29 is 4.52 Å². The van der Waals surface area contributed by atoms with E-state index >= 15 is 0 Å². The van der Waals surface area contributed by atoms with Crippen LogP contribution >= 0.6 is 23.2 Å². The quantitative estimate of drug-likeness (QED) is 0.677. The highest BCUT2D eigenvalue weighted by atomic mass is 35.5. The summed E-state index contributed by atoms with van der Waals surface area (Å²) in [7, 11) is 2.13. The molecule has 0 amide bonds. The Morgan fingerprint density at radius 1 is 1.11 bits per heavy atom. The molecule has 148 valence electrons. The summed E-state index contributed by atoms with van der Waals surface area (Å²) in [6, 6.07) is 7.93. The Labute approximate surface area is 171 Å². The second-order valence-electron chi connectivity index (χ2n) is 7.54. The molecule has 7 heteroatoms. The van der Waals surface area contributed by atoms with Crippen LogP contribution in [0.3, 0.4) is 0 Å². The Hall–Kier alpha value is -1.27. The van der Waals surface area contributed by atoms with Crippen molar-refractivity contribution in [2.45, 2.75) is 26.3 Å². The maximum atomic E-state index is 6.14. The molecule has 1 saturated heterocycles. The van der Waals surface area contributed by atoms with Crippen molar-refractivity contribution in [2.24, 2.45) is 0 Å². The van der Waals surface area contributed by atoms with Gasteiger partial charge in [0.2, 0.25) is 0 Å². The van der Waals surface area contributed by atoms with Gasteiger partial charge in [0, 0.05) is 51.0 Å². The molecule has 3 rings (SSSR count). The number of halogens is 2. The standard InChI is InChI=1S/C20H28Cl2N4O/c1-15(2)20-13-17(27-23-20)14-24(3)6-7-25-8-10-26(11-9-25)16-4-5-18(21)19(22)12-16/h4-5,12-13,15H,6-11,14H2,1-3H3. The van der Waals surface area contributed by atoms with E-state index < -0.39 is 0 Å². The Kier molecular flexibility index (Phi) is 7.04. The highest BCUT2D eigenvalue weighted by Gasteiger charge is 2.18. The maximum absolute atomic E-state index is 6.14. The Balaban J connectivity index is 1.41. The van der Waals surface area contributed by atoms with Gasteiger partial charge in [-0.05, 0) is 31.2 Å². The van der Waals surface area contributed by atoms with Gasteiger partial charge in [0.25, 0.3) is 0 Å². The Morgan fingerprint density at radius 2 is 1.85 bits per heavy atom. The molecule has 1 aliphatic rings. The second-order valence-corrected chi connectivity index (χ2v) is 8.35. The number of likely N-dealkylation sites (N-methyl/N-ethyl adjacent to an activating group) is 1. The lowest BCUT2D eigenvalue weighted by Gasteiger charge is -2.36. The molecule has 0 N–H and O–H groups in total. The van der Waals surface area contributed by atoms with E-state index in [9.17, 15) is 0 Å². The summed E-state index contributed by atoms with van der Waals surface area (Å²) in [5, 5.41) is 5.35. The number of benzene rings is 1. The molecule has 2 aromatic rings. The number of aromatic nitrogens is 1. The molecule has 0 unspecified atom stereocenters. The van der Waals surface area contributed by atoms with Gasteiger partial charge in [-0.2, -0.15) is 0 Å². The number of rotatable bonds is 7.